The Morgan fingerprint density at radius 1 is 0.351 bits per heavy atom. The highest BCUT2D eigenvalue weighted by Crippen LogP contribution is 2.29. The van der Waals surface area contributed by atoms with Crippen LogP contribution < -0.4 is 0 Å². The maximum Gasteiger partial charge on any atom is 0.164 e. The van der Waals surface area contributed by atoms with Crippen LogP contribution in [0.4, 0.5) is 0 Å². The summed E-state index contributed by atoms with van der Waals surface area (Å²) in [5.74, 6) is 2.61. The van der Waals surface area contributed by atoms with Gasteiger partial charge in [-0.3, -0.25) is 0 Å². The molecule has 37 heavy (non-hydrogen) atoms. The number of hydrogen-bond donors (Lipinski definition) is 0. The Hall–Kier alpha value is -5.03. The summed E-state index contributed by atoms with van der Waals surface area (Å²) in [5, 5.41) is 0. The molecule has 0 saturated heterocycles. The van der Waals surface area contributed by atoms with Gasteiger partial charge in [-0.1, -0.05) is 109 Å². The average Bonchev–Trinajstić information content (AvgIpc) is 2.98. The molecule has 0 bridgehead atoms. The van der Waals surface area contributed by atoms with Gasteiger partial charge in [0.05, 0.1) is 11.4 Å². The Bertz CT molecular complexity index is 1610. The lowest BCUT2D eigenvalue weighted by molar-refractivity contribution is 1.06. The quantitative estimate of drug-likeness (QED) is 0.261. The van der Waals surface area contributed by atoms with Crippen molar-refractivity contribution < 1.29 is 0 Å². The first-order valence-electron chi connectivity index (χ1n) is 12.1. The number of rotatable bonds is 5. The molecule has 0 aliphatic rings. The van der Waals surface area contributed by atoms with Crippen LogP contribution in [0.3, 0.4) is 0 Å². The van der Waals surface area contributed by atoms with Crippen molar-refractivity contribution in [2.75, 3.05) is 0 Å². The molecular weight excluding hydrogens is 454 g/mol. The molecule has 176 valence electrons. The minimum absolute atomic E-state index is 0.614. The Balaban J connectivity index is 1.47. The van der Waals surface area contributed by atoms with Crippen molar-refractivity contribution in [1.29, 1.82) is 0 Å². The lowest BCUT2D eigenvalue weighted by Crippen LogP contribution is -2.00. The summed E-state index contributed by atoms with van der Waals surface area (Å²) in [6, 6.07) is 40.3. The normalized spacial score (nSPS) is 10.8. The van der Waals surface area contributed by atoms with E-state index >= 15 is 0 Å². The van der Waals surface area contributed by atoms with Gasteiger partial charge in [-0.05, 0) is 19.1 Å². The van der Waals surface area contributed by atoms with E-state index in [4.69, 9.17) is 19.9 Å². The van der Waals surface area contributed by atoms with Crippen LogP contribution in [0.25, 0.3) is 56.7 Å². The molecule has 0 aliphatic carbocycles. The molecule has 0 amide bonds. The summed E-state index contributed by atoms with van der Waals surface area (Å²) >= 11 is 0. The van der Waals surface area contributed by atoms with Crippen LogP contribution in [0.5, 0.6) is 0 Å². The van der Waals surface area contributed by atoms with Crippen LogP contribution in [0.2, 0.25) is 0 Å². The zero-order chi connectivity index (χ0) is 25.0. The third-order valence-electron chi connectivity index (χ3n) is 6.02. The van der Waals surface area contributed by atoms with Crippen LogP contribution in [-0.4, -0.2) is 24.9 Å². The molecular formula is C32H23N5. The first-order valence-corrected chi connectivity index (χ1v) is 12.1. The van der Waals surface area contributed by atoms with Gasteiger partial charge in [0.1, 0.15) is 5.82 Å². The van der Waals surface area contributed by atoms with E-state index in [1.807, 2.05) is 104 Å². The predicted octanol–water partition coefficient (Wildman–Crippen LogP) is 7.31. The molecule has 2 heterocycles. The van der Waals surface area contributed by atoms with Crippen molar-refractivity contribution in [2.45, 2.75) is 6.92 Å². The van der Waals surface area contributed by atoms with Gasteiger partial charge in [-0.15, -0.1) is 0 Å². The third-order valence-corrected chi connectivity index (χ3v) is 6.02. The fraction of sp³-hybridized carbons (Fsp3) is 0.0312. The molecule has 0 unspecified atom stereocenters. The highest BCUT2D eigenvalue weighted by atomic mass is 15.0. The lowest BCUT2D eigenvalue weighted by atomic mass is 10.0. The van der Waals surface area contributed by atoms with Crippen LogP contribution >= 0.6 is 0 Å². The summed E-state index contributed by atoms with van der Waals surface area (Å²) in [6.45, 7) is 1.92. The molecule has 6 rings (SSSR count). The van der Waals surface area contributed by atoms with Crippen molar-refractivity contribution in [2.24, 2.45) is 0 Å². The van der Waals surface area contributed by atoms with Crippen molar-refractivity contribution >= 4 is 0 Å². The smallest absolute Gasteiger partial charge is 0.164 e. The second-order valence-corrected chi connectivity index (χ2v) is 8.67. The fourth-order valence-electron chi connectivity index (χ4n) is 4.23. The Labute approximate surface area is 215 Å². The van der Waals surface area contributed by atoms with E-state index in [-0.39, 0.29) is 0 Å². The maximum atomic E-state index is 4.86. The van der Waals surface area contributed by atoms with Crippen molar-refractivity contribution in [3.05, 3.63) is 127 Å². The van der Waals surface area contributed by atoms with Crippen LogP contribution in [0.1, 0.15) is 5.82 Å². The summed E-state index contributed by atoms with van der Waals surface area (Å²) < 4.78 is 0. The fourth-order valence-corrected chi connectivity index (χ4v) is 4.23. The van der Waals surface area contributed by atoms with Gasteiger partial charge in [-0.2, -0.15) is 0 Å². The molecule has 2 aromatic heterocycles. The number of benzene rings is 4. The molecule has 0 fully saturated rings. The van der Waals surface area contributed by atoms with Crippen LogP contribution in [-0.2, 0) is 0 Å². The lowest BCUT2D eigenvalue weighted by Gasteiger charge is -2.10. The van der Waals surface area contributed by atoms with E-state index in [1.165, 1.54) is 0 Å². The van der Waals surface area contributed by atoms with E-state index in [0.717, 1.165) is 45.0 Å². The summed E-state index contributed by atoms with van der Waals surface area (Å²) in [5.41, 5.74) is 6.56. The molecule has 0 atom stereocenters. The second-order valence-electron chi connectivity index (χ2n) is 8.67. The highest BCUT2D eigenvalue weighted by Gasteiger charge is 2.13. The van der Waals surface area contributed by atoms with Gasteiger partial charge in [0.25, 0.3) is 0 Å². The topological polar surface area (TPSA) is 64.5 Å². The molecule has 5 nitrogen and oxygen atoms in total. The molecule has 0 aliphatic heterocycles. The summed E-state index contributed by atoms with van der Waals surface area (Å²) in [6.07, 6.45) is 0. The number of nitrogens with zero attached hydrogens (tertiary/aromatic N) is 5. The zero-order valence-electron chi connectivity index (χ0n) is 20.3. The molecule has 6 aromatic rings. The van der Waals surface area contributed by atoms with Crippen molar-refractivity contribution in [1.82, 2.24) is 24.9 Å². The third kappa shape index (κ3) is 4.88. The van der Waals surface area contributed by atoms with Gasteiger partial charge >= 0.3 is 0 Å². The predicted molar refractivity (Wildman–Crippen MR) is 147 cm³/mol. The first-order chi connectivity index (χ1) is 18.2. The largest absolute Gasteiger partial charge is 0.233 e. The SMILES string of the molecule is Cc1nc(-c2ccccc2)cc(-c2cccc(-c3nc(-c4ccccc4)nc(-c4ccccc4)n3)c2)n1. The van der Waals surface area contributed by atoms with Crippen LogP contribution in [0, 0.1) is 6.92 Å². The maximum absolute atomic E-state index is 4.86. The first kappa shape index (κ1) is 22.4. The minimum atomic E-state index is 0.614. The number of aromatic nitrogens is 5. The van der Waals surface area contributed by atoms with E-state index in [9.17, 15) is 0 Å². The number of aryl methyl sites for hydroxylation is 1. The molecule has 0 radical (unpaired) electrons. The molecule has 5 heteroatoms. The van der Waals surface area contributed by atoms with Crippen LogP contribution in [0.15, 0.2) is 121 Å². The second kappa shape index (κ2) is 9.91. The van der Waals surface area contributed by atoms with Gasteiger partial charge in [0.2, 0.25) is 0 Å². The van der Waals surface area contributed by atoms with Crippen molar-refractivity contribution in [3.63, 3.8) is 0 Å². The van der Waals surface area contributed by atoms with Gasteiger partial charge < -0.3 is 0 Å². The van der Waals surface area contributed by atoms with Gasteiger partial charge in [0.15, 0.2) is 17.5 Å². The Kier molecular flexibility index (Phi) is 6.01. The zero-order valence-corrected chi connectivity index (χ0v) is 20.3. The van der Waals surface area contributed by atoms with Gasteiger partial charge in [0, 0.05) is 27.8 Å². The number of hydrogen-bond acceptors (Lipinski definition) is 5. The standard InChI is InChI=1S/C32H23N5/c1-22-33-28(23-12-5-2-6-13-23)21-29(34-22)26-18-11-19-27(20-26)32-36-30(24-14-7-3-8-15-24)35-31(37-32)25-16-9-4-10-17-25/h2-21H,1H3. The van der Waals surface area contributed by atoms with E-state index in [0.29, 0.717) is 17.5 Å². The molecule has 0 saturated carbocycles. The molecule has 4 aromatic carbocycles. The van der Waals surface area contributed by atoms with E-state index in [1.54, 1.807) is 0 Å². The Morgan fingerprint density at radius 3 is 1.30 bits per heavy atom. The van der Waals surface area contributed by atoms with E-state index < -0.39 is 0 Å². The summed E-state index contributed by atoms with van der Waals surface area (Å²) in [7, 11) is 0. The highest BCUT2D eigenvalue weighted by molar-refractivity contribution is 5.73. The van der Waals surface area contributed by atoms with Crippen molar-refractivity contribution in [3.8, 4) is 56.7 Å². The average molecular weight is 478 g/mol. The monoisotopic (exact) mass is 477 g/mol. The minimum Gasteiger partial charge on any atom is -0.233 e. The van der Waals surface area contributed by atoms with E-state index in [2.05, 4.69) is 29.2 Å². The molecule has 0 spiro atoms. The molecule has 0 N–H and O–H groups in total. The Morgan fingerprint density at radius 2 is 0.757 bits per heavy atom. The van der Waals surface area contributed by atoms with Gasteiger partial charge in [-0.25, -0.2) is 24.9 Å². The summed E-state index contributed by atoms with van der Waals surface area (Å²) in [4.78, 5) is 23.9.